The molecule has 2 amide bonds. The number of hydrogen-bond acceptors (Lipinski definition) is 2. The molecule has 1 aliphatic rings. The third-order valence-corrected chi connectivity index (χ3v) is 3.42. The number of nitrogens with zero attached hydrogens (tertiary/aromatic N) is 1. The summed E-state index contributed by atoms with van der Waals surface area (Å²) in [6.07, 6.45) is 0.203. The van der Waals surface area contributed by atoms with Crippen LogP contribution in [0.25, 0.3) is 0 Å². The molecule has 2 rings (SSSR count). The zero-order chi connectivity index (χ0) is 13.9. The molecule has 1 unspecified atom stereocenters. The number of hydrogen-bond donors (Lipinski definition) is 1. The summed E-state index contributed by atoms with van der Waals surface area (Å²) in [5.41, 5.74) is -0.414. The van der Waals surface area contributed by atoms with Crippen molar-refractivity contribution < 1.29 is 14.0 Å². The number of amides is 2. The fourth-order valence-corrected chi connectivity index (χ4v) is 2.33. The van der Waals surface area contributed by atoms with Crippen LogP contribution in [0.3, 0.4) is 0 Å². The molecule has 1 aromatic carbocycles. The minimum atomic E-state index is -1.12. The van der Waals surface area contributed by atoms with Gasteiger partial charge in [-0.05, 0) is 12.5 Å². The molecular formula is C14H17FN2O2. The summed E-state index contributed by atoms with van der Waals surface area (Å²) >= 11 is 0. The summed E-state index contributed by atoms with van der Waals surface area (Å²) in [5.74, 6) is -0.455. The lowest BCUT2D eigenvalue weighted by molar-refractivity contribution is -0.138. The average Bonchev–Trinajstić information content (AvgIpc) is 2.53. The van der Waals surface area contributed by atoms with Gasteiger partial charge in [-0.2, -0.15) is 0 Å². The topological polar surface area (TPSA) is 49.4 Å². The Morgan fingerprint density at radius 1 is 1.32 bits per heavy atom. The van der Waals surface area contributed by atoms with Crippen LogP contribution in [0.4, 0.5) is 4.39 Å². The van der Waals surface area contributed by atoms with Crippen molar-refractivity contribution in [2.75, 3.05) is 19.8 Å². The molecule has 1 aliphatic heterocycles. The highest BCUT2D eigenvalue weighted by molar-refractivity contribution is 5.94. The highest BCUT2D eigenvalue weighted by atomic mass is 19.1. The van der Waals surface area contributed by atoms with E-state index < -0.39 is 12.2 Å². The molecule has 0 aliphatic carbocycles. The second-order valence-electron chi connectivity index (χ2n) is 4.77. The van der Waals surface area contributed by atoms with E-state index >= 15 is 0 Å². The van der Waals surface area contributed by atoms with Crippen LogP contribution in [0, 0.1) is 0 Å². The molecule has 19 heavy (non-hydrogen) atoms. The van der Waals surface area contributed by atoms with Gasteiger partial charge in [0.25, 0.3) is 5.91 Å². The number of alkyl halides is 1. The number of benzene rings is 1. The predicted octanol–water partition coefficient (Wildman–Crippen LogP) is 1.22. The van der Waals surface area contributed by atoms with Gasteiger partial charge >= 0.3 is 0 Å². The Balaban J connectivity index is 2.39. The van der Waals surface area contributed by atoms with E-state index in [0.29, 0.717) is 5.56 Å². The normalized spacial score (nSPS) is 24.0. The van der Waals surface area contributed by atoms with E-state index in [2.05, 4.69) is 5.32 Å². The predicted molar refractivity (Wildman–Crippen MR) is 69.1 cm³/mol. The Morgan fingerprint density at radius 2 is 2.00 bits per heavy atom. The number of carbonyl (C=O) groups excluding carboxylic acids is 2. The minimum absolute atomic E-state index is 0.0240. The lowest BCUT2D eigenvalue weighted by atomic mass is 9.90. The maximum absolute atomic E-state index is 12.5. The van der Waals surface area contributed by atoms with E-state index in [4.69, 9.17) is 0 Å². The van der Waals surface area contributed by atoms with Crippen molar-refractivity contribution in [3.63, 3.8) is 0 Å². The van der Waals surface area contributed by atoms with Crippen molar-refractivity contribution in [1.29, 1.82) is 0 Å². The molecule has 1 heterocycles. The molecule has 0 spiro atoms. The van der Waals surface area contributed by atoms with Gasteiger partial charge in [-0.1, -0.05) is 30.3 Å². The smallest absolute Gasteiger partial charge is 0.252 e. The number of halogens is 1. The van der Waals surface area contributed by atoms with E-state index in [0.717, 1.165) is 0 Å². The van der Waals surface area contributed by atoms with Crippen LogP contribution in [0.1, 0.15) is 18.9 Å². The largest absolute Gasteiger partial charge is 0.338 e. The van der Waals surface area contributed by atoms with Crippen molar-refractivity contribution in [3.8, 4) is 0 Å². The van der Waals surface area contributed by atoms with Gasteiger partial charge in [0.1, 0.15) is 12.2 Å². The third kappa shape index (κ3) is 2.59. The Bertz CT molecular complexity index is 478. The van der Waals surface area contributed by atoms with E-state index in [1.807, 2.05) is 18.2 Å². The van der Waals surface area contributed by atoms with Crippen molar-refractivity contribution in [2.24, 2.45) is 0 Å². The summed E-state index contributed by atoms with van der Waals surface area (Å²) in [4.78, 5) is 25.7. The summed E-state index contributed by atoms with van der Waals surface area (Å²) in [6, 6.07) is 9.04. The molecule has 0 radical (unpaired) electrons. The van der Waals surface area contributed by atoms with Crippen LogP contribution in [0.5, 0.6) is 0 Å². The SMILES string of the molecule is CC1(c2ccccc2)NC(=O)CCN(CCF)C1=O. The molecule has 1 fully saturated rings. The minimum Gasteiger partial charge on any atom is -0.338 e. The zero-order valence-electron chi connectivity index (χ0n) is 10.9. The van der Waals surface area contributed by atoms with Gasteiger partial charge in [-0.15, -0.1) is 0 Å². The monoisotopic (exact) mass is 264 g/mol. The van der Waals surface area contributed by atoms with Gasteiger partial charge in [-0.25, -0.2) is 4.39 Å². The van der Waals surface area contributed by atoms with Crippen molar-refractivity contribution in [2.45, 2.75) is 18.9 Å². The molecular weight excluding hydrogens is 247 g/mol. The lowest BCUT2D eigenvalue weighted by Gasteiger charge is -2.32. The Labute approximate surface area is 111 Å². The van der Waals surface area contributed by atoms with Gasteiger partial charge in [0.15, 0.2) is 0 Å². The van der Waals surface area contributed by atoms with Crippen LogP contribution in [-0.4, -0.2) is 36.5 Å². The lowest BCUT2D eigenvalue weighted by Crippen LogP contribution is -2.52. The highest BCUT2D eigenvalue weighted by Gasteiger charge is 2.41. The Morgan fingerprint density at radius 3 is 2.63 bits per heavy atom. The second-order valence-corrected chi connectivity index (χ2v) is 4.77. The third-order valence-electron chi connectivity index (χ3n) is 3.42. The van der Waals surface area contributed by atoms with Gasteiger partial charge in [0, 0.05) is 19.5 Å². The first-order chi connectivity index (χ1) is 9.08. The standard InChI is InChI=1S/C14H17FN2O2/c1-14(11-5-3-2-4-6-11)13(19)17(10-8-15)9-7-12(18)16-14/h2-6H,7-10H2,1H3,(H,16,18). The molecule has 102 valence electrons. The molecule has 1 saturated heterocycles. The van der Waals surface area contributed by atoms with Gasteiger partial charge in [-0.3, -0.25) is 9.59 Å². The van der Waals surface area contributed by atoms with Crippen LogP contribution < -0.4 is 5.32 Å². The molecule has 5 heteroatoms. The van der Waals surface area contributed by atoms with Crippen LogP contribution in [0.2, 0.25) is 0 Å². The second kappa shape index (κ2) is 5.38. The Kier molecular flexibility index (Phi) is 3.83. The molecule has 1 N–H and O–H groups in total. The molecule has 1 atom stereocenters. The van der Waals surface area contributed by atoms with Gasteiger partial charge < -0.3 is 10.2 Å². The first kappa shape index (κ1) is 13.5. The molecule has 0 bridgehead atoms. The quantitative estimate of drug-likeness (QED) is 0.892. The Hall–Kier alpha value is -1.91. The van der Waals surface area contributed by atoms with E-state index in [1.165, 1.54) is 4.90 Å². The van der Waals surface area contributed by atoms with E-state index in [1.54, 1.807) is 19.1 Å². The van der Waals surface area contributed by atoms with Crippen molar-refractivity contribution >= 4 is 11.8 Å². The summed E-state index contributed by atoms with van der Waals surface area (Å²) in [5, 5.41) is 2.76. The van der Waals surface area contributed by atoms with Crippen molar-refractivity contribution in [1.82, 2.24) is 10.2 Å². The first-order valence-electron chi connectivity index (χ1n) is 6.30. The van der Waals surface area contributed by atoms with E-state index in [-0.39, 0.29) is 31.3 Å². The van der Waals surface area contributed by atoms with Gasteiger partial charge in [0.05, 0.1) is 0 Å². The average molecular weight is 264 g/mol. The zero-order valence-corrected chi connectivity index (χ0v) is 10.9. The van der Waals surface area contributed by atoms with Crippen LogP contribution in [-0.2, 0) is 15.1 Å². The van der Waals surface area contributed by atoms with Crippen molar-refractivity contribution in [3.05, 3.63) is 35.9 Å². The number of carbonyl (C=O) groups is 2. The maximum atomic E-state index is 12.5. The number of nitrogens with one attached hydrogen (secondary N) is 1. The first-order valence-corrected chi connectivity index (χ1v) is 6.30. The van der Waals surface area contributed by atoms with Crippen LogP contribution >= 0.6 is 0 Å². The van der Waals surface area contributed by atoms with Gasteiger partial charge in [0.2, 0.25) is 5.91 Å². The highest BCUT2D eigenvalue weighted by Crippen LogP contribution is 2.25. The summed E-state index contributed by atoms with van der Waals surface area (Å²) in [6.45, 7) is 1.34. The fourth-order valence-electron chi connectivity index (χ4n) is 2.33. The maximum Gasteiger partial charge on any atom is 0.252 e. The molecule has 0 aromatic heterocycles. The fraction of sp³-hybridized carbons (Fsp3) is 0.429. The summed E-state index contributed by atoms with van der Waals surface area (Å²) < 4.78 is 12.5. The molecule has 1 aromatic rings. The molecule has 4 nitrogen and oxygen atoms in total. The van der Waals surface area contributed by atoms with Crippen LogP contribution in [0.15, 0.2) is 30.3 Å². The molecule has 0 saturated carbocycles. The summed E-state index contributed by atoms with van der Waals surface area (Å²) in [7, 11) is 0. The number of rotatable bonds is 3. The van der Waals surface area contributed by atoms with E-state index in [9.17, 15) is 14.0 Å².